The van der Waals surface area contributed by atoms with Crippen LogP contribution in [0.1, 0.15) is 39.0 Å². The average Bonchev–Trinajstić information content (AvgIpc) is 3.25. The number of hydrogen-bond donors (Lipinski definition) is 2. The minimum Gasteiger partial charge on any atom is -0.315 e. The van der Waals surface area contributed by atoms with Gasteiger partial charge in [-0.15, -0.1) is 0 Å². The lowest BCUT2D eigenvalue weighted by Gasteiger charge is -2.48. The van der Waals surface area contributed by atoms with Gasteiger partial charge in [-0.1, -0.05) is 0 Å². The monoisotopic (exact) mass is 463 g/mol. The molecule has 2 aliphatic heterocycles. The van der Waals surface area contributed by atoms with E-state index in [9.17, 15) is 26.8 Å². The number of urea groups is 1. The largest absolute Gasteiger partial charge is 0.327 e. The molecule has 4 rings (SSSR count). The van der Waals surface area contributed by atoms with Crippen LogP contribution in [0.5, 0.6) is 0 Å². The van der Waals surface area contributed by atoms with Crippen LogP contribution in [0.15, 0.2) is 0 Å². The maximum atomic E-state index is 13.3. The van der Waals surface area contributed by atoms with Crippen LogP contribution < -0.4 is 10.1 Å². The molecular weight excluding hydrogens is 432 g/mol. The Bertz CT molecular complexity index is 837. The minimum absolute atomic E-state index is 0.0116. The van der Waals surface area contributed by atoms with Gasteiger partial charge in [0.25, 0.3) is 6.43 Å². The van der Waals surface area contributed by atoms with Gasteiger partial charge in [-0.25, -0.2) is 31.7 Å². The van der Waals surface area contributed by atoms with Crippen LogP contribution in [0.25, 0.3) is 0 Å². The fraction of sp³-hybridized carbons (Fsp3) is 0.895. The normalized spacial score (nSPS) is 33.8. The van der Waals surface area contributed by atoms with Crippen molar-refractivity contribution in [2.24, 2.45) is 11.8 Å². The fourth-order valence-electron chi connectivity index (χ4n) is 5.06. The van der Waals surface area contributed by atoms with Gasteiger partial charge in [-0.2, -0.15) is 0 Å². The Kier molecular flexibility index (Phi) is 6.03. The van der Waals surface area contributed by atoms with Crippen LogP contribution >= 0.6 is 0 Å². The summed E-state index contributed by atoms with van der Waals surface area (Å²) >= 11 is 0. The summed E-state index contributed by atoms with van der Waals surface area (Å²) in [5.74, 6) is -1.24. The third-order valence-corrected chi connectivity index (χ3v) is 9.09. The molecule has 2 heterocycles. The second-order valence-electron chi connectivity index (χ2n) is 9.70. The van der Waals surface area contributed by atoms with Crippen LogP contribution in [0, 0.1) is 11.8 Å². The Hall–Kier alpha value is -1.37. The molecule has 2 N–H and O–H groups in total. The molecule has 0 aromatic rings. The molecule has 0 radical (unpaired) electrons. The van der Waals surface area contributed by atoms with Crippen LogP contribution in [0.2, 0.25) is 0 Å². The summed E-state index contributed by atoms with van der Waals surface area (Å²) in [6.07, 6.45) is -0.669. The number of imide groups is 1. The molecule has 4 unspecified atom stereocenters. The number of hydrazine groups is 1. The first-order valence-electron chi connectivity index (χ1n) is 10.9. The van der Waals surface area contributed by atoms with Crippen molar-refractivity contribution in [3.05, 3.63) is 0 Å². The zero-order valence-corrected chi connectivity index (χ0v) is 18.7. The summed E-state index contributed by atoms with van der Waals surface area (Å²) in [5, 5.41) is 1.09. The summed E-state index contributed by atoms with van der Waals surface area (Å²) in [5.41, 5.74) is 2.69. The number of alkyl halides is 2. The second-order valence-corrected chi connectivity index (χ2v) is 11.7. The lowest BCUT2D eigenvalue weighted by Crippen LogP contribution is -2.65. The predicted molar refractivity (Wildman–Crippen MR) is 109 cm³/mol. The highest BCUT2D eigenvalue weighted by Gasteiger charge is 2.52. The number of carbonyl (C=O) groups is 2. The SMILES string of the molecule is CN1CC(CN2C(=O)C3CC(S(=O)(=O)NC4(C)CC4)CCC3N(CC(F)F)C2=O)CN1. The number of nitrogens with zero attached hydrogens (tertiary/aromatic N) is 3. The Labute approximate surface area is 181 Å². The van der Waals surface area contributed by atoms with Crippen LogP contribution in [-0.2, 0) is 14.8 Å². The molecule has 4 fully saturated rings. The molecule has 3 amide bonds. The van der Waals surface area contributed by atoms with Crippen molar-refractivity contribution in [2.45, 2.75) is 62.3 Å². The molecule has 2 saturated carbocycles. The van der Waals surface area contributed by atoms with Crippen molar-refractivity contribution in [2.75, 3.05) is 33.2 Å². The number of carbonyl (C=O) groups excluding carboxylic acids is 2. The maximum Gasteiger partial charge on any atom is 0.327 e. The van der Waals surface area contributed by atoms with E-state index in [1.165, 1.54) is 0 Å². The smallest absolute Gasteiger partial charge is 0.315 e. The Morgan fingerprint density at radius 3 is 2.55 bits per heavy atom. The minimum atomic E-state index is -3.64. The number of nitrogens with one attached hydrogen (secondary N) is 2. The number of rotatable bonds is 7. The molecule has 176 valence electrons. The van der Waals surface area contributed by atoms with Crippen molar-refractivity contribution in [1.29, 1.82) is 0 Å². The third kappa shape index (κ3) is 4.71. The molecule has 9 nitrogen and oxygen atoms in total. The highest BCUT2D eigenvalue weighted by atomic mass is 32.2. The zero-order valence-electron chi connectivity index (χ0n) is 17.9. The van der Waals surface area contributed by atoms with E-state index in [2.05, 4.69) is 10.1 Å². The number of halogens is 2. The summed E-state index contributed by atoms with van der Waals surface area (Å²) in [4.78, 5) is 28.5. The van der Waals surface area contributed by atoms with E-state index in [4.69, 9.17) is 0 Å². The van der Waals surface area contributed by atoms with Gasteiger partial charge in [0.1, 0.15) is 0 Å². The molecule has 2 aliphatic carbocycles. The van der Waals surface area contributed by atoms with Gasteiger partial charge in [-0.3, -0.25) is 15.1 Å². The first kappa shape index (κ1) is 22.8. The molecule has 12 heteroatoms. The van der Waals surface area contributed by atoms with Gasteiger partial charge in [0.2, 0.25) is 15.9 Å². The first-order chi connectivity index (χ1) is 14.5. The summed E-state index contributed by atoms with van der Waals surface area (Å²) in [6.45, 7) is 2.43. The van der Waals surface area contributed by atoms with Gasteiger partial charge in [0, 0.05) is 44.2 Å². The molecule has 0 spiro atoms. The third-order valence-electron chi connectivity index (χ3n) is 7.01. The Balaban J connectivity index is 1.54. The number of amides is 3. The summed E-state index contributed by atoms with van der Waals surface area (Å²) < 4.78 is 55.1. The van der Waals surface area contributed by atoms with Gasteiger partial charge in [0.05, 0.1) is 17.7 Å². The van der Waals surface area contributed by atoms with Gasteiger partial charge >= 0.3 is 6.03 Å². The van der Waals surface area contributed by atoms with Crippen molar-refractivity contribution in [3.63, 3.8) is 0 Å². The zero-order chi connectivity index (χ0) is 22.6. The molecule has 0 bridgehead atoms. The number of fused-ring (bicyclic) bond motifs is 1. The van der Waals surface area contributed by atoms with Crippen LogP contribution in [0.4, 0.5) is 13.6 Å². The fourth-order valence-corrected chi connectivity index (χ4v) is 7.02. The van der Waals surface area contributed by atoms with Gasteiger partial charge < -0.3 is 4.90 Å². The Morgan fingerprint density at radius 1 is 1.26 bits per heavy atom. The van der Waals surface area contributed by atoms with E-state index in [1.807, 2.05) is 19.0 Å². The molecule has 0 aromatic heterocycles. The molecule has 4 atom stereocenters. The maximum absolute atomic E-state index is 13.3. The first-order valence-corrected chi connectivity index (χ1v) is 12.4. The molecular formula is C19H31F2N5O4S. The van der Waals surface area contributed by atoms with E-state index in [1.54, 1.807) is 0 Å². The van der Waals surface area contributed by atoms with Crippen LogP contribution in [0.3, 0.4) is 0 Å². The van der Waals surface area contributed by atoms with Crippen molar-refractivity contribution in [3.8, 4) is 0 Å². The predicted octanol–water partition coefficient (Wildman–Crippen LogP) is 0.591. The second kappa shape index (κ2) is 8.20. The van der Waals surface area contributed by atoms with E-state index in [0.717, 1.165) is 22.6 Å². The lowest BCUT2D eigenvalue weighted by atomic mass is 9.80. The standard InChI is InChI=1S/C19H31F2N5O4S/c1-19(5-6-19)23-31(29,30)13-3-4-15-14(7-13)17(27)26(10-12-8-22-24(2)9-12)18(28)25(15)11-16(20)21/h12-16,22-23H,3-11H2,1-2H3. The molecule has 2 saturated heterocycles. The topological polar surface area (TPSA) is 102 Å². The quantitative estimate of drug-likeness (QED) is 0.573. The molecule has 31 heavy (non-hydrogen) atoms. The van der Waals surface area contributed by atoms with Gasteiger partial charge in [-0.05, 0) is 39.0 Å². The number of sulfonamides is 1. The highest BCUT2D eigenvalue weighted by Crippen LogP contribution is 2.40. The highest BCUT2D eigenvalue weighted by molar-refractivity contribution is 7.90. The average molecular weight is 464 g/mol. The molecule has 4 aliphatic rings. The number of hydrogen-bond acceptors (Lipinski definition) is 6. The van der Waals surface area contributed by atoms with E-state index in [-0.39, 0.29) is 31.7 Å². The Morgan fingerprint density at radius 2 is 1.97 bits per heavy atom. The van der Waals surface area contributed by atoms with Crippen molar-refractivity contribution < 1.29 is 26.8 Å². The molecule has 0 aromatic carbocycles. The van der Waals surface area contributed by atoms with Crippen molar-refractivity contribution in [1.82, 2.24) is 25.0 Å². The summed E-state index contributed by atoms with van der Waals surface area (Å²) in [6, 6.07) is -1.37. The van der Waals surface area contributed by atoms with Gasteiger partial charge in [0.15, 0.2) is 0 Å². The van der Waals surface area contributed by atoms with E-state index in [0.29, 0.717) is 13.1 Å². The lowest BCUT2D eigenvalue weighted by molar-refractivity contribution is -0.141. The summed E-state index contributed by atoms with van der Waals surface area (Å²) in [7, 11) is -1.79. The van der Waals surface area contributed by atoms with E-state index < -0.39 is 57.7 Å². The van der Waals surface area contributed by atoms with Crippen LogP contribution in [-0.4, -0.2) is 91.6 Å². The van der Waals surface area contributed by atoms with Crippen molar-refractivity contribution >= 4 is 22.0 Å². The van der Waals surface area contributed by atoms with E-state index >= 15 is 0 Å².